The number of rotatable bonds is 0. The van der Waals surface area contributed by atoms with Crippen LogP contribution in [0.4, 0.5) is 0 Å². The average molecular weight is 169 g/mol. The Labute approximate surface area is 65.1 Å². The summed E-state index contributed by atoms with van der Waals surface area (Å²) in [6.07, 6.45) is 1.28. The maximum Gasteiger partial charge on any atom is 0.296 e. The van der Waals surface area contributed by atoms with Crippen LogP contribution in [-0.2, 0) is 0 Å². The topological polar surface area (TPSA) is 74.7 Å². The maximum atomic E-state index is 10.9. The molecular formula is C5H3N3O2S. The number of fused-ring (bicyclic) bond motifs is 1. The summed E-state index contributed by atoms with van der Waals surface area (Å²) in [7, 11) is 0. The second-order valence-corrected chi connectivity index (χ2v) is 2.29. The van der Waals surface area contributed by atoms with Crippen molar-refractivity contribution in [3.63, 3.8) is 0 Å². The number of nitrogens with zero attached hydrogens (tertiary/aromatic N) is 1. The number of hydrogen-bond donors (Lipinski definition) is 2. The van der Waals surface area contributed by atoms with E-state index in [0.717, 1.165) is 0 Å². The molecule has 0 aliphatic carbocycles. The summed E-state index contributed by atoms with van der Waals surface area (Å²) in [5, 5.41) is 0. The molecule has 2 heterocycles. The first kappa shape index (κ1) is 6.29. The molecule has 2 rings (SSSR count). The molecule has 2 N–H and O–H groups in total. The third-order valence-electron chi connectivity index (χ3n) is 1.23. The molecule has 0 fully saturated rings. The highest BCUT2D eigenvalue weighted by Crippen LogP contribution is 2.02. The van der Waals surface area contributed by atoms with Crippen molar-refractivity contribution in [1.29, 1.82) is 0 Å². The van der Waals surface area contributed by atoms with Gasteiger partial charge in [-0.05, 0) is 12.2 Å². The summed E-state index contributed by atoms with van der Waals surface area (Å²) in [6.45, 7) is 0. The molecule has 0 aliphatic rings. The number of H-pyrrole nitrogens is 2. The molecule has 0 atom stereocenters. The van der Waals surface area contributed by atoms with Crippen LogP contribution in [0, 0.1) is 4.84 Å². The van der Waals surface area contributed by atoms with Crippen LogP contribution in [0.3, 0.4) is 0 Å². The van der Waals surface area contributed by atoms with Crippen LogP contribution >= 0.6 is 12.2 Å². The molecule has 0 unspecified atom stereocenters. The second kappa shape index (κ2) is 2.03. The van der Waals surface area contributed by atoms with Crippen molar-refractivity contribution >= 4 is 23.4 Å². The Hall–Kier alpha value is -1.43. The Morgan fingerprint density at radius 2 is 2.45 bits per heavy atom. The highest BCUT2D eigenvalue weighted by atomic mass is 32.1. The molecule has 0 radical (unpaired) electrons. The van der Waals surface area contributed by atoms with Crippen molar-refractivity contribution < 1.29 is 4.42 Å². The standard InChI is InChI=1S/C5H3N3O2S/c9-4-2-3(6-1-7-4)8-5(11)10-2/h1H,(H2,6,7,8,9,11). The zero-order chi connectivity index (χ0) is 7.84. The Morgan fingerprint density at radius 1 is 1.64 bits per heavy atom. The summed E-state index contributed by atoms with van der Waals surface area (Å²) in [6, 6.07) is 0. The lowest BCUT2D eigenvalue weighted by Crippen LogP contribution is -2.04. The predicted octanol–water partition coefficient (Wildman–Crippen LogP) is 0.574. The van der Waals surface area contributed by atoms with Gasteiger partial charge in [0.2, 0.25) is 5.58 Å². The normalized spacial score (nSPS) is 10.5. The highest BCUT2D eigenvalue weighted by Gasteiger charge is 2.02. The van der Waals surface area contributed by atoms with Gasteiger partial charge < -0.3 is 9.40 Å². The van der Waals surface area contributed by atoms with E-state index in [9.17, 15) is 4.79 Å². The first-order chi connectivity index (χ1) is 5.27. The monoisotopic (exact) mass is 169 g/mol. The molecule has 0 saturated carbocycles. The summed E-state index contributed by atoms with van der Waals surface area (Å²) in [5.41, 5.74) is 0.179. The van der Waals surface area contributed by atoms with Crippen molar-refractivity contribution in [2.75, 3.05) is 0 Å². The van der Waals surface area contributed by atoms with E-state index < -0.39 is 0 Å². The summed E-state index contributed by atoms with van der Waals surface area (Å²) < 4.78 is 4.85. The van der Waals surface area contributed by atoms with E-state index in [2.05, 4.69) is 27.2 Å². The Morgan fingerprint density at radius 3 is 3.18 bits per heavy atom. The lowest BCUT2D eigenvalue weighted by atomic mass is 10.6. The van der Waals surface area contributed by atoms with Gasteiger partial charge in [0.1, 0.15) is 0 Å². The molecule has 2 aromatic rings. The molecule has 0 saturated heterocycles. The Bertz CT molecular complexity index is 494. The van der Waals surface area contributed by atoms with E-state index >= 15 is 0 Å². The van der Waals surface area contributed by atoms with Crippen molar-refractivity contribution in [3.8, 4) is 0 Å². The quantitative estimate of drug-likeness (QED) is 0.565. The van der Waals surface area contributed by atoms with Gasteiger partial charge in [0, 0.05) is 0 Å². The lowest BCUT2D eigenvalue weighted by molar-refractivity contribution is 0.579. The SMILES string of the molecule is O=c1[nH]cnc2[nH]c(=S)oc12. The molecule has 6 heteroatoms. The average Bonchev–Trinajstić information content (AvgIpc) is 2.31. The predicted molar refractivity (Wildman–Crippen MR) is 39.8 cm³/mol. The highest BCUT2D eigenvalue weighted by molar-refractivity contribution is 7.71. The van der Waals surface area contributed by atoms with Gasteiger partial charge in [0.05, 0.1) is 6.33 Å². The molecule has 0 bridgehead atoms. The number of nitrogens with one attached hydrogen (secondary N) is 2. The van der Waals surface area contributed by atoms with Crippen LogP contribution in [-0.4, -0.2) is 15.0 Å². The van der Waals surface area contributed by atoms with E-state index in [1.54, 1.807) is 0 Å². The van der Waals surface area contributed by atoms with Crippen molar-refractivity contribution in [2.45, 2.75) is 0 Å². The fourth-order valence-electron chi connectivity index (χ4n) is 0.786. The largest absolute Gasteiger partial charge is 0.422 e. The minimum absolute atomic E-state index is 0.137. The van der Waals surface area contributed by atoms with E-state index in [1.807, 2.05) is 0 Å². The van der Waals surface area contributed by atoms with E-state index in [1.165, 1.54) is 6.33 Å². The van der Waals surface area contributed by atoms with Gasteiger partial charge in [-0.25, -0.2) is 4.98 Å². The smallest absolute Gasteiger partial charge is 0.296 e. The van der Waals surface area contributed by atoms with Crippen LogP contribution in [0.1, 0.15) is 0 Å². The van der Waals surface area contributed by atoms with Crippen molar-refractivity contribution in [3.05, 3.63) is 21.5 Å². The van der Waals surface area contributed by atoms with Gasteiger partial charge in [-0.1, -0.05) is 0 Å². The van der Waals surface area contributed by atoms with Crippen LogP contribution in [0.15, 0.2) is 15.5 Å². The van der Waals surface area contributed by atoms with Gasteiger partial charge in [0.15, 0.2) is 5.65 Å². The number of aromatic nitrogens is 3. The van der Waals surface area contributed by atoms with E-state index in [4.69, 9.17) is 4.42 Å². The summed E-state index contributed by atoms with van der Waals surface area (Å²) in [4.78, 5) is 19.9. The Kier molecular flexibility index (Phi) is 1.16. The fraction of sp³-hybridized carbons (Fsp3) is 0. The van der Waals surface area contributed by atoms with Gasteiger partial charge in [-0.3, -0.25) is 9.78 Å². The van der Waals surface area contributed by atoms with Crippen LogP contribution in [0.2, 0.25) is 0 Å². The first-order valence-electron chi connectivity index (χ1n) is 2.84. The van der Waals surface area contributed by atoms with Gasteiger partial charge in [-0.15, -0.1) is 0 Å². The summed E-state index contributed by atoms with van der Waals surface area (Å²) in [5.74, 6) is 0. The minimum atomic E-state index is -0.331. The fourth-order valence-corrected chi connectivity index (χ4v) is 0.966. The van der Waals surface area contributed by atoms with Crippen LogP contribution in [0.25, 0.3) is 11.2 Å². The zero-order valence-electron chi connectivity index (χ0n) is 5.25. The van der Waals surface area contributed by atoms with Gasteiger partial charge in [-0.2, -0.15) is 0 Å². The minimum Gasteiger partial charge on any atom is -0.422 e. The van der Waals surface area contributed by atoms with Crippen LogP contribution in [0.5, 0.6) is 0 Å². The molecular weight excluding hydrogens is 166 g/mol. The third-order valence-corrected chi connectivity index (χ3v) is 1.41. The van der Waals surface area contributed by atoms with Gasteiger partial charge >= 0.3 is 0 Å². The van der Waals surface area contributed by atoms with Crippen LogP contribution < -0.4 is 5.56 Å². The lowest BCUT2D eigenvalue weighted by Gasteiger charge is -1.80. The van der Waals surface area contributed by atoms with Gasteiger partial charge in [0.25, 0.3) is 10.4 Å². The van der Waals surface area contributed by atoms with Crippen molar-refractivity contribution in [2.24, 2.45) is 0 Å². The third kappa shape index (κ3) is 0.874. The second-order valence-electron chi connectivity index (χ2n) is 1.92. The van der Waals surface area contributed by atoms with Crippen molar-refractivity contribution in [1.82, 2.24) is 15.0 Å². The molecule has 56 valence electrons. The number of oxazole rings is 1. The number of aromatic amines is 2. The van der Waals surface area contributed by atoms with E-state index in [0.29, 0.717) is 5.65 Å². The zero-order valence-corrected chi connectivity index (χ0v) is 6.07. The molecule has 2 aromatic heterocycles. The van der Waals surface area contributed by atoms with E-state index in [-0.39, 0.29) is 16.0 Å². The summed E-state index contributed by atoms with van der Waals surface area (Å²) >= 11 is 4.66. The Balaban J connectivity index is 3.14. The molecule has 0 aromatic carbocycles. The molecule has 0 spiro atoms. The molecule has 0 amide bonds. The maximum absolute atomic E-state index is 10.9. The number of hydrogen-bond acceptors (Lipinski definition) is 4. The molecule has 0 aliphatic heterocycles. The molecule has 11 heavy (non-hydrogen) atoms. The molecule has 5 nitrogen and oxygen atoms in total. The first-order valence-corrected chi connectivity index (χ1v) is 3.25.